The summed E-state index contributed by atoms with van der Waals surface area (Å²) in [5.74, 6) is -1.06. The van der Waals surface area contributed by atoms with Gasteiger partial charge in [-0.15, -0.1) is 0 Å². The Kier molecular flexibility index (Phi) is 6.05. The lowest BCUT2D eigenvalue weighted by Gasteiger charge is -2.08. The summed E-state index contributed by atoms with van der Waals surface area (Å²) in [7, 11) is 0. The number of carbonyl (C=O) groups excluding carboxylic acids is 1. The first-order chi connectivity index (χ1) is 13.4. The van der Waals surface area contributed by atoms with Crippen LogP contribution in [-0.2, 0) is 4.79 Å². The van der Waals surface area contributed by atoms with Crippen molar-refractivity contribution in [3.63, 3.8) is 0 Å². The van der Waals surface area contributed by atoms with Crippen molar-refractivity contribution in [1.29, 1.82) is 0 Å². The number of aliphatic imine (C=N–C) groups is 1. The van der Waals surface area contributed by atoms with E-state index in [-0.39, 0.29) is 17.2 Å². The number of aromatic hydroxyl groups is 1. The number of halogens is 1. The third-order valence-electron chi connectivity index (χ3n) is 3.62. The molecule has 1 aliphatic heterocycles. The molecule has 2 aromatic carbocycles. The number of carbonyl (C=O) groups is 2. The second-order valence-electron chi connectivity index (χ2n) is 5.62. The number of rotatable bonds is 5. The van der Waals surface area contributed by atoms with E-state index in [0.29, 0.717) is 38.2 Å². The van der Waals surface area contributed by atoms with Crippen LogP contribution in [0.4, 0.5) is 5.69 Å². The maximum absolute atomic E-state index is 12.2. The van der Waals surface area contributed by atoms with Gasteiger partial charge in [0, 0.05) is 0 Å². The maximum atomic E-state index is 12.2. The number of amides is 1. The Morgan fingerprint density at radius 3 is 2.86 bits per heavy atom. The molecule has 0 aromatic heterocycles. The van der Waals surface area contributed by atoms with E-state index in [2.05, 4.69) is 26.2 Å². The molecule has 9 heteroatoms. The molecular formula is C19H15BrN2O5S. The second-order valence-corrected chi connectivity index (χ2v) is 7.50. The van der Waals surface area contributed by atoms with E-state index in [0.717, 1.165) is 11.8 Å². The van der Waals surface area contributed by atoms with Gasteiger partial charge >= 0.3 is 5.97 Å². The highest BCUT2D eigenvalue weighted by Crippen LogP contribution is 2.37. The highest BCUT2D eigenvalue weighted by atomic mass is 79.9. The lowest BCUT2D eigenvalue weighted by atomic mass is 10.2. The molecule has 0 bridgehead atoms. The molecule has 2 aromatic rings. The van der Waals surface area contributed by atoms with Crippen LogP contribution >= 0.6 is 27.7 Å². The highest BCUT2D eigenvalue weighted by molar-refractivity contribution is 9.10. The number of hydrogen-bond acceptors (Lipinski definition) is 6. The van der Waals surface area contributed by atoms with Gasteiger partial charge in [0.25, 0.3) is 5.91 Å². The molecule has 3 rings (SSSR count). The molecule has 0 saturated carbocycles. The molecule has 0 aliphatic carbocycles. The Morgan fingerprint density at radius 2 is 2.14 bits per heavy atom. The van der Waals surface area contributed by atoms with Crippen LogP contribution in [0.25, 0.3) is 6.08 Å². The first-order valence-electron chi connectivity index (χ1n) is 8.15. The largest absolute Gasteiger partial charge is 0.503 e. The van der Waals surface area contributed by atoms with Gasteiger partial charge in [-0.3, -0.25) is 4.79 Å². The summed E-state index contributed by atoms with van der Waals surface area (Å²) >= 11 is 4.40. The number of phenols is 1. The minimum atomic E-state index is -1.05. The Labute approximate surface area is 173 Å². The van der Waals surface area contributed by atoms with Crippen molar-refractivity contribution < 1.29 is 24.5 Å². The van der Waals surface area contributed by atoms with Gasteiger partial charge in [-0.25, -0.2) is 9.79 Å². The number of carboxylic acids is 1. The maximum Gasteiger partial charge on any atom is 0.335 e. The molecule has 1 amide bonds. The fourth-order valence-electron chi connectivity index (χ4n) is 2.40. The summed E-state index contributed by atoms with van der Waals surface area (Å²) < 4.78 is 5.84. The molecule has 0 spiro atoms. The number of hydrogen-bond donors (Lipinski definition) is 3. The number of amidine groups is 1. The number of thioether (sulfide) groups is 1. The molecule has 1 heterocycles. The van der Waals surface area contributed by atoms with E-state index in [1.54, 1.807) is 37.3 Å². The number of aromatic carboxylic acids is 1. The van der Waals surface area contributed by atoms with E-state index in [4.69, 9.17) is 9.84 Å². The monoisotopic (exact) mass is 462 g/mol. The van der Waals surface area contributed by atoms with Crippen molar-refractivity contribution in [3.8, 4) is 11.5 Å². The molecular weight excluding hydrogens is 448 g/mol. The third-order valence-corrected chi connectivity index (χ3v) is 5.14. The van der Waals surface area contributed by atoms with Crippen molar-refractivity contribution in [2.45, 2.75) is 6.92 Å². The zero-order valence-corrected chi connectivity index (χ0v) is 17.0. The van der Waals surface area contributed by atoms with Gasteiger partial charge in [0.05, 0.1) is 27.2 Å². The first-order valence-corrected chi connectivity index (χ1v) is 9.76. The number of nitrogens with zero attached hydrogens (tertiary/aromatic N) is 1. The van der Waals surface area contributed by atoms with Gasteiger partial charge in [0.15, 0.2) is 16.7 Å². The Balaban J connectivity index is 1.87. The standard InChI is InChI=1S/C19H15BrN2O5S/c1-2-27-14-7-10(6-13(20)16(14)23)8-15-17(24)22-19(28-15)21-12-5-3-4-11(9-12)18(25)26/h3-9,23H,2H2,1H3,(H,25,26)(H,21,22,24)/b15-8+. The van der Waals surface area contributed by atoms with Crippen molar-refractivity contribution in [2.24, 2.45) is 4.99 Å². The fourth-order valence-corrected chi connectivity index (χ4v) is 3.70. The molecule has 1 aliphatic rings. The van der Waals surface area contributed by atoms with Crippen LogP contribution in [0, 0.1) is 0 Å². The third kappa shape index (κ3) is 4.55. The Morgan fingerprint density at radius 1 is 1.36 bits per heavy atom. The summed E-state index contributed by atoms with van der Waals surface area (Å²) in [6, 6.07) is 9.44. The average Bonchev–Trinajstić information content (AvgIpc) is 2.98. The average molecular weight is 463 g/mol. The second kappa shape index (κ2) is 8.49. The minimum Gasteiger partial charge on any atom is -0.503 e. The van der Waals surface area contributed by atoms with Crippen LogP contribution < -0.4 is 10.1 Å². The van der Waals surface area contributed by atoms with E-state index in [1.165, 1.54) is 12.1 Å². The van der Waals surface area contributed by atoms with Crippen molar-refractivity contribution in [3.05, 3.63) is 56.9 Å². The molecule has 0 unspecified atom stereocenters. The van der Waals surface area contributed by atoms with E-state index < -0.39 is 5.97 Å². The van der Waals surface area contributed by atoms with Crippen molar-refractivity contribution in [2.75, 3.05) is 6.61 Å². The zero-order valence-electron chi connectivity index (χ0n) is 14.6. The van der Waals surface area contributed by atoms with Gasteiger partial charge < -0.3 is 20.3 Å². The number of carboxylic acid groups (broad SMARTS) is 1. The number of phenolic OH excluding ortho intramolecular Hbond substituents is 1. The molecule has 3 N–H and O–H groups in total. The van der Waals surface area contributed by atoms with Gasteiger partial charge in [0.1, 0.15) is 0 Å². The van der Waals surface area contributed by atoms with Gasteiger partial charge in [-0.05, 0) is 76.6 Å². The molecule has 1 saturated heterocycles. The minimum absolute atomic E-state index is 0.00640. The quantitative estimate of drug-likeness (QED) is 0.576. The molecule has 28 heavy (non-hydrogen) atoms. The van der Waals surface area contributed by atoms with Crippen LogP contribution in [0.15, 0.2) is 50.8 Å². The van der Waals surface area contributed by atoms with Crippen molar-refractivity contribution in [1.82, 2.24) is 5.32 Å². The fraction of sp³-hybridized carbons (Fsp3) is 0.105. The van der Waals surface area contributed by atoms with Gasteiger partial charge in [-0.2, -0.15) is 0 Å². The number of benzene rings is 2. The summed E-state index contributed by atoms with van der Waals surface area (Å²) in [4.78, 5) is 28.0. The summed E-state index contributed by atoms with van der Waals surface area (Å²) in [6.45, 7) is 2.20. The Bertz CT molecular complexity index is 1020. The summed E-state index contributed by atoms with van der Waals surface area (Å²) in [6.07, 6.45) is 1.66. The Hall–Kier alpha value is -2.78. The van der Waals surface area contributed by atoms with Crippen molar-refractivity contribution >= 4 is 56.5 Å². The summed E-state index contributed by atoms with van der Waals surface area (Å²) in [5.41, 5.74) is 1.21. The topological polar surface area (TPSA) is 108 Å². The van der Waals surface area contributed by atoms with Crippen LogP contribution in [0.1, 0.15) is 22.8 Å². The zero-order chi connectivity index (χ0) is 20.3. The smallest absolute Gasteiger partial charge is 0.335 e. The number of nitrogens with one attached hydrogen (secondary N) is 1. The lowest BCUT2D eigenvalue weighted by Crippen LogP contribution is -2.19. The predicted octanol–water partition coefficient (Wildman–Crippen LogP) is 4.14. The predicted molar refractivity (Wildman–Crippen MR) is 111 cm³/mol. The molecule has 0 radical (unpaired) electrons. The lowest BCUT2D eigenvalue weighted by molar-refractivity contribution is -0.115. The van der Waals surface area contributed by atoms with Gasteiger partial charge in [0.2, 0.25) is 0 Å². The van der Waals surface area contributed by atoms with Gasteiger partial charge in [-0.1, -0.05) is 6.07 Å². The first kappa shape index (κ1) is 20.0. The number of ether oxygens (including phenoxy) is 1. The molecule has 144 valence electrons. The van der Waals surface area contributed by atoms with Crippen LogP contribution in [0.3, 0.4) is 0 Å². The normalized spacial score (nSPS) is 16.4. The SMILES string of the molecule is CCOc1cc(/C=C2/SC(=Nc3cccc(C(=O)O)c3)NC2=O)cc(Br)c1O. The molecule has 1 fully saturated rings. The van der Waals surface area contributed by atoms with E-state index in [1.807, 2.05) is 0 Å². The highest BCUT2D eigenvalue weighted by Gasteiger charge is 2.24. The van der Waals surface area contributed by atoms with Crippen LogP contribution in [0.2, 0.25) is 0 Å². The molecule has 0 atom stereocenters. The van der Waals surface area contributed by atoms with Crippen LogP contribution in [0.5, 0.6) is 11.5 Å². The van der Waals surface area contributed by atoms with E-state index in [9.17, 15) is 14.7 Å². The van der Waals surface area contributed by atoms with Crippen LogP contribution in [-0.4, -0.2) is 33.9 Å². The van der Waals surface area contributed by atoms with E-state index >= 15 is 0 Å². The summed E-state index contributed by atoms with van der Waals surface area (Å²) in [5, 5.41) is 22.1. The molecule has 7 nitrogen and oxygen atoms in total.